The van der Waals surface area contributed by atoms with Crippen molar-refractivity contribution in [3.63, 3.8) is 0 Å². The number of rotatable bonds is 16. The number of alkyl carbamates (subject to hydrolysis) is 3. The molecule has 0 aromatic heterocycles. The molecule has 0 radical (unpaired) electrons. The van der Waals surface area contributed by atoms with Gasteiger partial charge in [-0.2, -0.15) is 0 Å². The van der Waals surface area contributed by atoms with Gasteiger partial charge >= 0.3 is 30.5 Å². The maximum atomic E-state index is 13.9. The lowest BCUT2D eigenvalue weighted by molar-refractivity contribution is -0.305. The molecule has 4 aliphatic rings. The van der Waals surface area contributed by atoms with Crippen molar-refractivity contribution in [1.29, 1.82) is 0 Å². The van der Waals surface area contributed by atoms with Crippen molar-refractivity contribution >= 4 is 36.4 Å². The van der Waals surface area contributed by atoms with E-state index >= 15 is 0 Å². The van der Waals surface area contributed by atoms with Crippen molar-refractivity contribution in [2.45, 2.75) is 211 Å². The fourth-order valence-corrected chi connectivity index (χ4v) is 9.25. The average molecular weight is 1100 g/mol. The molecule has 3 fully saturated rings. The summed E-state index contributed by atoms with van der Waals surface area (Å²) in [4.78, 5) is 81.8. The van der Waals surface area contributed by atoms with E-state index in [-0.39, 0.29) is 51.2 Å². The minimum atomic E-state index is -1.92. The number of amides is 6. The van der Waals surface area contributed by atoms with Gasteiger partial charge in [0.2, 0.25) is 0 Å². The highest BCUT2D eigenvalue weighted by molar-refractivity contribution is 5.82. The third-order valence-corrected chi connectivity index (χ3v) is 12.4. The van der Waals surface area contributed by atoms with Crippen LogP contribution in [0.1, 0.15) is 116 Å². The Morgan fingerprint density at radius 1 is 0.818 bits per heavy atom. The Labute approximate surface area is 451 Å². The minimum absolute atomic E-state index is 0.0527. The molecule has 10 N–H and O–H groups in total. The van der Waals surface area contributed by atoms with E-state index in [0.717, 1.165) is 4.90 Å². The van der Waals surface area contributed by atoms with E-state index in [2.05, 4.69) is 33.2 Å². The second kappa shape index (κ2) is 25.3. The van der Waals surface area contributed by atoms with E-state index in [1.807, 2.05) is 0 Å². The monoisotopic (exact) mass is 1100 g/mol. The Morgan fingerprint density at radius 2 is 1.39 bits per heavy atom. The third kappa shape index (κ3) is 19.6. The van der Waals surface area contributed by atoms with Crippen LogP contribution in [0, 0.1) is 5.92 Å². The van der Waals surface area contributed by atoms with Gasteiger partial charge in [-0.25, -0.2) is 24.0 Å². The van der Waals surface area contributed by atoms with E-state index in [4.69, 9.17) is 37.9 Å². The summed E-state index contributed by atoms with van der Waals surface area (Å²) in [6.45, 7) is 25.6. The zero-order valence-corrected chi connectivity index (χ0v) is 47.3. The summed E-state index contributed by atoms with van der Waals surface area (Å²) in [6, 6.07) is -5.10. The lowest BCUT2D eigenvalue weighted by atomic mass is 9.72. The topological polar surface area (TPSA) is 344 Å². The smallest absolute Gasteiger partial charge is 0.412 e. The van der Waals surface area contributed by atoms with Crippen LogP contribution in [0.15, 0.2) is 24.2 Å². The van der Waals surface area contributed by atoms with Gasteiger partial charge in [-0.3, -0.25) is 4.79 Å². The summed E-state index contributed by atoms with van der Waals surface area (Å²) >= 11 is 0. The number of ether oxygens (including phenoxy) is 8. The van der Waals surface area contributed by atoms with Gasteiger partial charge < -0.3 is 99.8 Å². The number of β-amino-alcohol motifs (C(OH)–C–C–N with tert-alkyl or cyclic N) is 1. The SMILES string of the molecule is C=C(C)OC(=O)N[C@@H]1CC=C(CNCCC2(O)CN(C(=O)OC(C)(C)C)C2)OC1[C@H]1[C@H](O)[C@@H](O[C@H]2OC[C@](C)(O)[C@H](N(C)C(=O)OC(C)(C)C)[C@H]2O)[C@H](NC(=O)[C@@H](O)CNC(=O)OC(C)(C)C)C[C@@H]1NC(=O)OC(C)(C)C. The highest BCUT2D eigenvalue weighted by atomic mass is 16.7. The number of aliphatic hydroxyl groups is 5. The summed E-state index contributed by atoms with van der Waals surface area (Å²) in [7, 11) is 1.30. The van der Waals surface area contributed by atoms with Crippen LogP contribution < -0.4 is 26.6 Å². The predicted molar refractivity (Wildman–Crippen MR) is 275 cm³/mol. The number of hydrogen-bond donors (Lipinski definition) is 10. The number of allylic oxidation sites excluding steroid dienone is 1. The van der Waals surface area contributed by atoms with Gasteiger partial charge in [0.25, 0.3) is 5.91 Å². The van der Waals surface area contributed by atoms with Crippen LogP contribution in [0.4, 0.5) is 24.0 Å². The van der Waals surface area contributed by atoms with E-state index < -0.39 is 150 Å². The molecule has 6 amide bonds. The van der Waals surface area contributed by atoms with Crippen LogP contribution >= 0.6 is 0 Å². The molecule has 440 valence electrons. The maximum Gasteiger partial charge on any atom is 0.412 e. The van der Waals surface area contributed by atoms with E-state index in [1.165, 1.54) is 25.8 Å². The molecular formula is C51H87N7O19. The summed E-state index contributed by atoms with van der Waals surface area (Å²) < 4.78 is 46.1. The van der Waals surface area contributed by atoms with Crippen molar-refractivity contribution in [2.75, 3.05) is 46.4 Å². The third-order valence-electron chi connectivity index (χ3n) is 12.4. The van der Waals surface area contributed by atoms with E-state index in [9.17, 15) is 54.3 Å². The standard InChI is InChI=1S/C51H87N7O19/c1-27(2)71-42(64)55-29-18-17-28(22-52-20-19-51(69)24-58(25-51)45(67)77-49(12,13)14)72-36(29)33-30(56-43(65)75-47(6,7)8)21-31(54-39(62)32(59)23-53-41(63)74-46(3,4)5)37(34(33)60)73-40-35(61)38(50(15,68)26-70-40)57(16)44(66)76-48(9,10)11/h17,29-38,40,52,59-61,68-69H,1,18-26H2,2-16H3,(H,53,63)(H,54,62)(H,55,64)(H,56,65)/t29-,30+,31-,32+,33-,34+,35-,36?,37+,38-,40-,50+/m1/s1. The summed E-state index contributed by atoms with van der Waals surface area (Å²) in [5.41, 5.74) is -6.72. The predicted octanol–water partition coefficient (Wildman–Crippen LogP) is 1.98. The summed E-state index contributed by atoms with van der Waals surface area (Å²) in [5.74, 6) is -2.03. The van der Waals surface area contributed by atoms with Crippen molar-refractivity contribution < 1.29 is 92.2 Å². The van der Waals surface area contributed by atoms with Crippen molar-refractivity contribution in [3.8, 4) is 0 Å². The normalized spacial score (nSPS) is 28.9. The maximum absolute atomic E-state index is 13.9. The highest BCUT2D eigenvalue weighted by Gasteiger charge is 2.57. The molecule has 1 saturated carbocycles. The van der Waals surface area contributed by atoms with Crippen molar-refractivity contribution in [3.05, 3.63) is 24.2 Å². The van der Waals surface area contributed by atoms with Gasteiger partial charge in [-0.1, -0.05) is 6.58 Å². The van der Waals surface area contributed by atoms with Crippen LogP contribution in [0.25, 0.3) is 0 Å². The zero-order valence-electron chi connectivity index (χ0n) is 47.3. The number of carbonyl (C=O) groups excluding carboxylic acids is 6. The molecule has 1 unspecified atom stereocenters. The molecular weight excluding hydrogens is 1010 g/mol. The fraction of sp³-hybridized carbons (Fsp3) is 0.804. The number of likely N-dealkylation sites (N-methyl/N-ethyl adjacent to an activating group) is 1. The zero-order chi connectivity index (χ0) is 58.4. The Balaban J connectivity index is 1.74. The molecule has 26 nitrogen and oxygen atoms in total. The summed E-state index contributed by atoms with van der Waals surface area (Å²) in [5, 5.41) is 72.5. The molecule has 12 atom stereocenters. The first-order valence-electron chi connectivity index (χ1n) is 25.8. The molecule has 0 aromatic rings. The van der Waals surface area contributed by atoms with Gasteiger partial charge in [0.15, 0.2) is 6.29 Å². The second-order valence-corrected chi connectivity index (χ2v) is 24.6. The minimum Gasteiger partial charge on any atom is -0.491 e. The van der Waals surface area contributed by atoms with Crippen molar-refractivity contribution in [2.24, 2.45) is 5.92 Å². The Morgan fingerprint density at radius 3 is 1.96 bits per heavy atom. The number of nitrogens with zero attached hydrogens (tertiary/aromatic N) is 2. The van der Waals surface area contributed by atoms with Gasteiger partial charge in [-0.15, -0.1) is 0 Å². The number of carbonyl (C=O) groups is 6. The van der Waals surface area contributed by atoms with Gasteiger partial charge in [0, 0.05) is 19.0 Å². The highest BCUT2D eigenvalue weighted by Crippen LogP contribution is 2.39. The molecule has 2 saturated heterocycles. The van der Waals surface area contributed by atoms with Gasteiger partial charge in [-0.05, 0) is 129 Å². The fourth-order valence-electron chi connectivity index (χ4n) is 9.25. The second-order valence-electron chi connectivity index (χ2n) is 24.6. The Bertz CT molecular complexity index is 2130. The molecule has 26 heteroatoms. The lowest BCUT2D eigenvalue weighted by Gasteiger charge is -2.52. The number of likely N-dealkylation sites (tertiary alicyclic amines) is 1. The van der Waals surface area contributed by atoms with Crippen LogP contribution in [0.2, 0.25) is 0 Å². The van der Waals surface area contributed by atoms with Gasteiger partial charge in [0.1, 0.15) is 63.8 Å². The summed E-state index contributed by atoms with van der Waals surface area (Å²) in [6.07, 6.45) is -13.0. The van der Waals surface area contributed by atoms with Crippen LogP contribution in [0.3, 0.4) is 0 Å². The lowest BCUT2D eigenvalue weighted by Crippen LogP contribution is -2.71. The van der Waals surface area contributed by atoms with Crippen LogP contribution in [-0.4, -0.2) is 213 Å². The Hall–Kier alpha value is -5.22. The average Bonchev–Trinajstić information content (AvgIpc) is 3.23. The molecule has 3 aliphatic heterocycles. The quantitative estimate of drug-likeness (QED) is 0.0600. The first-order valence-corrected chi connectivity index (χ1v) is 25.8. The van der Waals surface area contributed by atoms with Crippen LogP contribution in [0.5, 0.6) is 0 Å². The number of nitrogens with one attached hydrogen (secondary N) is 5. The van der Waals surface area contributed by atoms with E-state index in [1.54, 1.807) is 89.2 Å². The molecule has 4 rings (SSSR count). The van der Waals surface area contributed by atoms with Crippen molar-refractivity contribution in [1.82, 2.24) is 36.4 Å². The molecule has 1 aliphatic carbocycles. The number of aliphatic hydroxyl groups excluding tert-OH is 3. The Kier molecular flexibility index (Phi) is 21.1. The first kappa shape index (κ1) is 64.3. The first-order chi connectivity index (χ1) is 35.2. The van der Waals surface area contributed by atoms with E-state index in [0.29, 0.717) is 5.76 Å². The molecule has 3 heterocycles. The largest absolute Gasteiger partial charge is 0.491 e. The van der Waals surface area contributed by atoms with Crippen LogP contribution in [-0.2, 0) is 42.7 Å². The molecule has 0 bridgehead atoms. The molecule has 0 spiro atoms. The number of hydrogen-bond acceptors (Lipinski definition) is 20. The molecule has 0 aromatic carbocycles. The van der Waals surface area contributed by atoms with Gasteiger partial charge in [0.05, 0.1) is 62.8 Å². The molecule has 77 heavy (non-hydrogen) atoms.